The average molecular weight is 315 g/mol. The molecule has 22 heavy (non-hydrogen) atoms. The van der Waals surface area contributed by atoms with E-state index in [0.717, 1.165) is 17.5 Å². The average Bonchev–Trinajstić information content (AvgIpc) is 2.51. The highest BCUT2D eigenvalue weighted by Gasteiger charge is 2.34. The Kier molecular flexibility index (Phi) is 4.46. The van der Waals surface area contributed by atoms with E-state index in [4.69, 9.17) is 17.3 Å². The standard InChI is InChI=1S/C18H19ClN2O/c19-15-7-6-14-10-17(16(14)11-15)18(22)21(9-8-20)12-13-4-2-1-3-5-13/h1-7,11,17H,8-10,12,20H2. The minimum atomic E-state index is -0.0797. The first kappa shape index (κ1) is 15.1. The van der Waals surface area contributed by atoms with Gasteiger partial charge >= 0.3 is 0 Å². The second-order valence-corrected chi connectivity index (χ2v) is 6.07. The van der Waals surface area contributed by atoms with E-state index in [0.29, 0.717) is 24.7 Å². The van der Waals surface area contributed by atoms with Gasteiger partial charge in [0.1, 0.15) is 0 Å². The molecule has 2 aromatic carbocycles. The third-order valence-corrected chi connectivity index (χ3v) is 4.37. The van der Waals surface area contributed by atoms with Crippen molar-refractivity contribution in [3.8, 4) is 0 Å². The van der Waals surface area contributed by atoms with Gasteiger partial charge in [-0.2, -0.15) is 0 Å². The van der Waals surface area contributed by atoms with Crippen LogP contribution in [0.1, 0.15) is 22.6 Å². The molecular formula is C18H19ClN2O. The summed E-state index contributed by atoms with van der Waals surface area (Å²) < 4.78 is 0. The third-order valence-electron chi connectivity index (χ3n) is 4.13. The van der Waals surface area contributed by atoms with Gasteiger partial charge in [0, 0.05) is 24.7 Å². The van der Waals surface area contributed by atoms with E-state index in [1.807, 2.05) is 53.4 Å². The van der Waals surface area contributed by atoms with Gasteiger partial charge in [0.25, 0.3) is 0 Å². The van der Waals surface area contributed by atoms with Gasteiger partial charge in [-0.05, 0) is 35.2 Å². The highest BCUT2D eigenvalue weighted by molar-refractivity contribution is 6.30. The molecule has 0 aliphatic heterocycles. The largest absolute Gasteiger partial charge is 0.337 e. The molecule has 1 unspecified atom stereocenters. The Morgan fingerprint density at radius 2 is 2.00 bits per heavy atom. The van der Waals surface area contributed by atoms with Crippen LogP contribution in [0.2, 0.25) is 5.02 Å². The lowest BCUT2D eigenvalue weighted by atomic mass is 9.76. The van der Waals surface area contributed by atoms with Crippen LogP contribution in [0.4, 0.5) is 0 Å². The van der Waals surface area contributed by atoms with Gasteiger partial charge in [0.05, 0.1) is 5.92 Å². The number of rotatable bonds is 5. The van der Waals surface area contributed by atoms with E-state index in [-0.39, 0.29) is 11.8 Å². The lowest BCUT2D eigenvalue weighted by Crippen LogP contribution is -2.41. The zero-order valence-corrected chi connectivity index (χ0v) is 13.1. The van der Waals surface area contributed by atoms with Crippen LogP contribution in [0, 0.1) is 0 Å². The van der Waals surface area contributed by atoms with Crippen molar-refractivity contribution in [3.05, 3.63) is 70.2 Å². The number of nitrogens with two attached hydrogens (primary N) is 1. The summed E-state index contributed by atoms with van der Waals surface area (Å²) >= 11 is 6.05. The second kappa shape index (κ2) is 6.51. The Morgan fingerprint density at radius 1 is 1.23 bits per heavy atom. The summed E-state index contributed by atoms with van der Waals surface area (Å²) in [4.78, 5) is 14.7. The van der Waals surface area contributed by atoms with Crippen molar-refractivity contribution in [3.63, 3.8) is 0 Å². The van der Waals surface area contributed by atoms with Crippen LogP contribution < -0.4 is 5.73 Å². The van der Waals surface area contributed by atoms with Crippen LogP contribution in [-0.4, -0.2) is 23.9 Å². The van der Waals surface area contributed by atoms with Crippen LogP contribution in [0.5, 0.6) is 0 Å². The smallest absolute Gasteiger partial charge is 0.230 e. The topological polar surface area (TPSA) is 46.3 Å². The number of carbonyl (C=O) groups is 1. The first-order valence-electron chi connectivity index (χ1n) is 7.50. The van der Waals surface area contributed by atoms with Gasteiger partial charge in [0.2, 0.25) is 5.91 Å². The van der Waals surface area contributed by atoms with Crippen LogP contribution in [0.3, 0.4) is 0 Å². The molecule has 0 saturated heterocycles. The number of fused-ring (bicyclic) bond motifs is 1. The van der Waals surface area contributed by atoms with E-state index < -0.39 is 0 Å². The summed E-state index contributed by atoms with van der Waals surface area (Å²) in [6, 6.07) is 15.8. The maximum atomic E-state index is 12.8. The first-order valence-corrected chi connectivity index (χ1v) is 7.88. The molecule has 3 nitrogen and oxygen atoms in total. The molecule has 0 radical (unpaired) electrons. The predicted octanol–water partition coefficient (Wildman–Crippen LogP) is 2.97. The quantitative estimate of drug-likeness (QED) is 0.922. The summed E-state index contributed by atoms with van der Waals surface area (Å²) in [7, 11) is 0. The molecule has 4 heteroatoms. The van der Waals surface area contributed by atoms with Crippen LogP contribution in [0.15, 0.2) is 48.5 Å². The fraction of sp³-hybridized carbons (Fsp3) is 0.278. The molecule has 2 N–H and O–H groups in total. The Balaban J connectivity index is 1.76. The number of hydrogen-bond acceptors (Lipinski definition) is 2. The molecule has 0 bridgehead atoms. The summed E-state index contributed by atoms with van der Waals surface area (Å²) in [5, 5.41) is 0.685. The van der Waals surface area contributed by atoms with Crippen LogP contribution >= 0.6 is 11.6 Å². The zero-order chi connectivity index (χ0) is 15.5. The predicted molar refractivity (Wildman–Crippen MR) is 88.8 cm³/mol. The van der Waals surface area contributed by atoms with E-state index in [2.05, 4.69) is 0 Å². The number of carbonyl (C=O) groups excluding carboxylic acids is 1. The first-order chi connectivity index (χ1) is 10.7. The van der Waals surface area contributed by atoms with Gasteiger partial charge in [-0.1, -0.05) is 48.0 Å². The molecule has 1 atom stereocenters. The van der Waals surface area contributed by atoms with Crippen LogP contribution in [0.25, 0.3) is 0 Å². The van der Waals surface area contributed by atoms with Crippen molar-refractivity contribution in [1.29, 1.82) is 0 Å². The fourth-order valence-electron chi connectivity index (χ4n) is 2.94. The van der Waals surface area contributed by atoms with Crippen LogP contribution in [-0.2, 0) is 17.8 Å². The lowest BCUT2D eigenvalue weighted by Gasteiger charge is -2.34. The van der Waals surface area contributed by atoms with Crippen molar-refractivity contribution < 1.29 is 4.79 Å². The molecule has 3 rings (SSSR count). The van der Waals surface area contributed by atoms with Gasteiger partial charge < -0.3 is 10.6 Å². The zero-order valence-electron chi connectivity index (χ0n) is 12.3. The van der Waals surface area contributed by atoms with E-state index in [9.17, 15) is 4.79 Å². The summed E-state index contributed by atoms with van der Waals surface area (Å²) in [6.07, 6.45) is 0.793. The minimum Gasteiger partial charge on any atom is -0.337 e. The minimum absolute atomic E-state index is 0.0797. The maximum Gasteiger partial charge on any atom is 0.230 e. The molecule has 0 fully saturated rings. The van der Waals surface area contributed by atoms with Crippen molar-refractivity contribution >= 4 is 17.5 Å². The Labute approximate surface area is 135 Å². The molecule has 0 heterocycles. The van der Waals surface area contributed by atoms with Crippen molar-refractivity contribution in [2.24, 2.45) is 5.73 Å². The van der Waals surface area contributed by atoms with Gasteiger partial charge in [-0.15, -0.1) is 0 Å². The number of halogens is 1. The summed E-state index contributed by atoms with van der Waals surface area (Å²) in [5.41, 5.74) is 9.08. The highest BCUT2D eigenvalue weighted by Crippen LogP contribution is 2.38. The molecule has 0 aromatic heterocycles. The molecule has 2 aromatic rings. The summed E-state index contributed by atoms with van der Waals surface area (Å²) in [5.74, 6) is 0.0630. The van der Waals surface area contributed by atoms with Gasteiger partial charge in [0.15, 0.2) is 0 Å². The Morgan fingerprint density at radius 3 is 2.73 bits per heavy atom. The maximum absolute atomic E-state index is 12.8. The number of nitrogens with zero attached hydrogens (tertiary/aromatic N) is 1. The van der Waals surface area contributed by atoms with Gasteiger partial charge in [-0.25, -0.2) is 0 Å². The fourth-order valence-corrected chi connectivity index (χ4v) is 3.12. The molecule has 1 amide bonds. The Hall–Kier alpha value is -1.84. The molecule has 1 aliphatic carbocycles. The third kappa shape index (κ3) is 3.01. The SMILES string of the molecule is NCCN(Cc1ccccc1)C(=O)C1Cc2ccc(Cl)cc21. The van der Waals surface area contributed by atoms with Gasteiger partial charge in [-0.3, -0.25) is 4.79 Å². The lowest BCUT2D eigenvalue weighted by molar-refractivity contribution is -0.133. The summed E-state index contributed by atoms with van der Waals surface area (Å²) in [6.45, 7) is 1.64. The Bertz CT molecular complexity index is 672. The normalized spacial score (nSPS) is 15.8. The highest BCUT2D eigenvalue weighted by atomic mass is 35.5. The van der Waals surface area contributed by atoms with E-state index in [1.165, 1.54) is 5.56 Å². The van der Waals surface area contributed by atoms with Crippen molar-refractivity contribution in [1.82, 2.24) is 4.90 Å². The van der Waals surface area contributed by atoms with Crippen molar-refractivity contribution in [2.75, 3.05) is 13.1 Å². The molecule has 0 spiro atoms. The molecule has 0 saturated carbocycles. The molecular weight excluding hydrogens is 296 g/mol. The van der Waals surface area contributed by atoms with E-state index >= 15 is 0 Å². The number of hydrogen-bond donors (Lipinski definition) is 1. The number of benzene rings is 2. The molecule has 1 aliphatic rings. The number of amides is 1. The monoisotopic (exact) mass is 314 g/mol. The second-order valence-electron chi connectivity index (χ2n) is 5.63. The van der Waals surface area contributed by atoms with E-state index in [1.54, 1.807) is 0 Å². The molecule has 114 valence electrons. The van der Waals surface area contributed by atoms with Crippen molar-refractivity contribution in [2.45, 2.75) is 18.9 Å².